The Morgan fingerprint density at radius 3 is 3.12 bits per heavy atom. The van der Waals surface area contributed by atoms with Crippen LogP contribution in [0, 0.1) is 0 Å². The summed E-state index contributed by atoms with van der Waals surface area (Å²) in [5.74, 6) is 1.15. The Hall–Kier alpha value is -0.580. The van der Waals surface area contributed by atoms with Crippen molar-refractivity contribution in [3.63, 3.8) is 0 Å². The molecule has 0 saturated carbocycles. The van der Waals surface area contributed by atoms with Gasteiger partial charge in [-0.2, -0.15) is 0 Å². The number of rotatable bonds is 9. The van der Waals surface area contributed by atoms with E-state index in [1.807, 2.05) is 24.0 Å². The fourth-order valence-corrected chi connectivity index (χ4v) is 2.49. The van der Waals surface area contributed by atoms with E-state index in [0.29, 0.717) is 0 Å². The second-order valence-corrected chi connectivity index (χ2v) is 4.92. The van der Waals surface area contributed by atoms with Gasteiger partial charge in [-0.25, -0.2) is 4.98 Å². The third-order valence-electron chi connectivity index (χ3n) is 2.39. The van der Waals surface area contributed by atoms with Crippen molar-refractivity contribution in [2.75, 3.05) is 26.0 Å². The van der Waals surface area contributed by atoms with Gasteiger partial charge in [0.2, 0.25) is 0 Å². The monoisotopic (exact) mass is 254 g/mol. The maximum atomic E-state index is 5.01. The van der Waals surface area contributed by atoms with E-state index in [0.717, 1.165) is 30.5 Å². The zero-order chi connectivity index (χ0) is 12.3. The molecule has 17 heavy (non-hydrogen) atoms. The maximum absolute atomic E-state index is 5.01. The molecule has 0 amide bonds. The van der Waals surface area contributed by atoms with Crippen LogP contribution in [0.3, 0.4) is 0 Å². The molecule has 1 aromatic rings. The van der Waals surface area contributed by atoms with Gasteiger partial charge in [0.05, 0.1) is 6.61 Å². The first-order valence-corrected chi connectivity index (χ1v) is 7.13. The first-order valence-electron chi connectivity index (χ1n) is 6.14. The number of ether oxygens (including phenoxy) is 1. The highest BCUT2D eigenvalue weighted by molar-refractivity contribution is 7.99. The molecule has 1 rings (SSSR count). The number of hydrogen-bond donors (Lipinski definition) is 1. The molecule has 1 aromatic heterocycles. The van der Waals surface area contributed by atoms with Gasteiger partial charge < -0.3 is 10.1 Å². The van der Waals surface area contributed by atoms with Crippen LogP contribution in [-0.2, 0) is 11.3 Å². The number of hydrogen-bond acceptors (Lipinski definition) is 4. The van der Waals surface area contributed by atoms with Crippen molar-refractivity contribution in [3.8, 4) is 0 Å². The molecule has 0 saturated heterocycles. The number of methoxy groups -OCH3 is 1. The molecule has 4 heteroatoms. The molecule has 0 spiro atoms. The largest absolute Gasteiger partial charge is 0.383 e. The third kappa shape index (κ3) is 6.05. The lowest BCUT2D eigenvalue weighted by molar-refractivity contribution is 0.199. The zero-order valence-electron chi connectivity index (χ0n) is 10.7. The highest BCUT2D eigenvalue weighted by Crippen LogP contribution is 2.20. The SMILES string of the molecule is CCCCSc1ncccc1CNCCOC. The normalized spacial score (nSPS) is 10.7. The van der Waals surface area contributed by atoms with Crippen LogP contribution in [0.25, 0.3) is 0 Å². The highest BCUT2D eigenvalue weighted by Gasteiger charge is 2.03. The predicted molar refractivity (Wildman–Crippen MR) is 73.5 cm³/mol. The fraction of sp³-hybridized carbons (Fsp3) is 0.615. The molecule has 0 aliphatic carbocycles. The van der Waals surface area contributed by atoms with E-state index in [-0.39, 0.29) is 0 Å². The number of unbranched alkanes of at least 4 members (excludes halogenated alkanes) is 1. The Bertz CT molecular complexity index is 307. The minimum absolute atomic E-state index is 0.749. The van der Waals surface area contributed by atoms with Crippen molar-refractivity contribution < 1.29 is 4.74 Å². The molecule has 0 radical (unpaired) electrons. The van der Waals surface area contributed by atoms with Crippen molar-refractivity contribution in [1.29, 1.82) is 0 Å². The Labute approximate surface area is 108 Å². The maximum Gasteiger partial charge on any atom is 0.100 e. The molecular formula is C13H22N2OS. The Balaban J connectivity index is 2.40. The number of pyridine rings is 1. The number of nitrogens with one attached hydrogen (secondary N) is 1. The van der Waals surface area contributed by atoms with Gasteiger partial charge in [0.15, 0.2) is 0 Å². The fourth-order valence-electron chi connectivity index (χ4n) is 1.40. The van der Waals surface area contributed by atoms with E-state index in [2.05, 4.69) is 23.3 Å². The van der Waals surface area contributed by atoms with Gasteiger partial charge in [0.25, 0.3) is 0 Å². The second kappa shape index (κ2) is 9.45. The number of aromatic nitrogens is 1. The van der Waals surface area contributed by atoms with Crippen LogP contribution in [-0.4, -0.2) is 31.0 Å². The Morgan fingerprint density at radius 1 is 1.47 bits per heavy atom. The van der Waals surface area contributed by atoms with Crippen molar-refractivity contribution in [2.24, 2.45) is 0 Å². The summed E-state index contributed by atoms with van der Waals surface area (Å²) in [5, 5.41) is 4.51. The topological polar surface area (TPSA) is 34.2 Å². The quantitative estimate of drug-likeness (QED) is 0.543. The van der Waals surface area contributed by atoms with E-state index >= 15 is 0 Å². The molecule has 0 bridgehead atoms. The number of thioether (sulfide) groups is 1. The summed E-state index contributed by atoms with van der Waals surface area (Å²) in [6.45, 7) is 4.71. The van der Waals surface area contributed by atoms with E-state index in [1.165, 1.54) is 18.4 Å². The molecule has 0 fully saturated rings. The summed E-state index contributed by atoms with van der Waals surface area (Å²) in [4.78, 5) is 4.44. The van der Waals surface area contributed by atoms with Crippen molar-refractivity contribution in [2.45, 2.75) is 31.3 Å². The minimum Gasteiger partial charge on any atom is -0.383 e. The molecule has 96 valence electrons. The summed E-state index contributed by atoms with van der Waals surface area (Å²) in [5.41, 5.74) is 1.28. The molecule has 1 N–H and O–H groups in total. The van der Waals surface area contributed by atoms with Crippen LogP contribution < -0.4 is 5.32 Å². The Kier molecular flexibility index (Phi) is 8.05. The van der Waals surface area contributed by atoms with Crippen LogP contribution >= 0.6 is 11.8 Å². The van der Waals surface area contributed by atoms with Gasteiger partial charge >= 0.3 is 0 Å². The summed E-state index contributed by atoms with van der Waals surface area (Å²) in [7, 11) is 1.72. The average molecular weight is 254 g/mol. The predicted octanol–water partition coefficient (Wildman–Crippen LogP) is 2.71. The lowest BCUT2D eigenvalue weighted by atomic mass is 10.3. The summed E-state index contributed by atoms with van der Waals surface area (Å²) in [6.07, 6.45) is 4.35. The van der Waals surface area contributed by atoms with Crippen molar-refractivity contribution >= 4 is 11.8 Å². The average Bonchev–Trinajstić information content (AvgIpc) is 2.36. The Morgan fingerprint density at radius 2 is 2.35 bits per heavy atom. The highest BCUT2D eigenvalue weighted by atomic mass is 32.2. The van der Waals surface area contributed by atoms with E-state index < -0.39 is 0 Å². The van der Waals surface area contributed by atoms with Gasteiger partial charge in [0, 0.05) is 26.4 Å². The first-order chi connectivity index (χ1) is 8.38. The van der Waals surface area contributed by atoms with Crippen molar-refractivity contribution in [3.05, 3.63) is 23.9 Å². The zero-order valence-corrected chi connectivity index (χ0v) is 11.6. The van der Waals surface area contributed by atoms with Gasteiger partial charge in [-0.05, 0) is 23.8 Å². The van der Waals surface area contributed by atoms with Crippen LogP contribution in [0.15, 0.2) is 23.4 Å². The van der Waals surface area contributed by atoms with Gasteiger partial charge in [-0.3, -0.25) is 0 Å². The van der Waals surface area contributed by atoms with Crippen LogP contribution in [0.1, 0.15) is 25.3 Å². The van der Waals surface area contributed by atoms with Crippen molar-refractivity contribution in [1.82, 2.24) is 10.3 Å². The summed E-state index contributed by atoms with van der Waals surface area (Å²) < 4.78 is 5.01. The molecule has 0 aliphatic rings. The van der Waals surface area contributed by atoms with Crippen LogP contribution in [0.4, 0.5) is 0 Å². The van der Waals surface area contributed by atoms with Crippen LogP contribution in [0.5, 0.6) is 0 Å². The molecule has 0 atom stereocenters. The summed E-state index contributed by atoms with van der Waals surface area (Å²) >= 11 is 1.85. The molecular weight excluding hydrogens is 232 g/mol. The van der Waals surface area contributed by atoms with E-state index in [4.69, 9.17) is 4.74 Å². The molecule has 0 aliphatic heterocycles. The molecule has 0 unspecified atom stereocenters. The van der Waals surface area contributed by atoms with Gasteiger partial charge in [-0.15, -0.1) is 11.8 Å². The molecule has 0 aromatic carbocycles. The smallest absolute Gasteiger partial charge is 0.100 e. The minimum atomic E-state index is 0.749. The number of nitrogens with zero attached hydrogens (tertiary/aromatic N) is 1. The van der Waals surface area contributed by atoms with Crippen LogP contribution in [0.2, 0.25) is 0 Å². The second-order valence-electron chi connectivity index (χ2n) is 3.84. The molecule has 1 heterocycles. The van der Waals surface area contributed by atoms with Gasteiger partial charge in [-0.1, -0.05) is 19.4 Å². The van der Waals surface area contributed by atoms with E-state index in [1.54, 1.807) is 7.11 Å². The molecule has 3 nitrogen and oxygen atoms in total. The first kappa shape index (κ1) is 14.5. The lowest BCUT2D eigenvalue weighted by Crippen LogP contribution is -2.19. The standard InChI is InChI=1S/C13H22N2OS/c1-3-4-10-17-13-12(6-5-7-15-13)11-14-8-9-16-2/h5-7,14H,3-4,8-11H2,1-2H3. The lowest BCUT2D eigenvalue weighted by Gasteiger charge is -2.08. The summed E-state index contributed by atoms with van der Waals surface area (Å²) in [6, 6.07) is 4.14. The van der Waals surface area contributed by atoms with E-state index in [9.17, 15) is 0 Å². The third-order valence-corrected chi connectivity index (χ3v) is 3.52. The van der Waals surface area contributed by atoms with Gasteiger partial charge in [0.1, 0.15) is 5.03 Å².